The highest BCUT2D eigenvalue weighted by molar-refractivity contribution is 5.74. The summed E-state index contributed by atoms with van der Waals surface area (Å²) < 4.78 is 42.8. The highest BCUT2D eigenvalue weighted by Crippen LogP contribution is 1.91. The van der Waals surface area contributed by atoms with Gasteiger partial charge in [0.25, 0.3) is 0 Å². The maximum absolute atomic E-state index is 10.7. The van der Waals surface area contributed by atoms with E-state index in [0.29, 0.717) is 0 Å². The van der Waals surface area contributed by atoms with Crippen LogP contribution in [0, 0.1) is 0 Å². The third kappa shape index (κ3) is 0.936. The Morgan fingerprint density at radius 2 is 2.12 bits per heavy atom. The maximum atomic E-state index is 10.7. The fourth-order valence-corrected chi connectivity index (χ4v) is 0.301. The molecule has 0 atom stereocenters. The predicted molar refractivity (Wildman–Crippen MR) is 31.8 cm³/mol. The highest BCUT2D eigenvalue weighted by atomic mass is 16.2. The van der Waals surface area contributed by atoms with Crippen molar-refractivity contribution in [1.82, 2.24) is 0 Å². The normalized spacial score (nSPS) is 19.0. The Balaban J connectivity index is 3.68. The van der Waals surface area contributed by atoms with Gasteiger partial charge in [-0.2, -0.15) is 0 Å². The monoisotopic (exact) mass is 113 g/mol. The maximum Gasteiger partial charge on any atom is 0.150 e. The van der Waals surface area contributed by atoms with Crippen molar-refractivity contribution in [2.45, 2.75) is 0 Å². The molecule has 8 heavy (non-hydrogen) atoms. The molecule has 0 saturated heterocycles. The van der Waals surface area contributed by atoms with Crippen molar-refractivity contribution in [1.29, 1.82) is 0 Å². The van der Waals surface area contributed by atoms with E-state index in [0.717, 1.165) is 0 Å². The molecule has 1 nitrogen and oxygen atoms in total. The molecule has 0 aliphatic carbocycles. The van der Waals surface area contributed by atoms with E-state index in [1.165, 1.54) is 0 Å². The second kappa shape index (κ2) is 2.26. The first-order chi connectivity index (χ1) is 6.37. The van der Waals surface area contributed by atoms with E-state index >= 15 is 0 Å². The van der Waals surface area contributed by atoms with Crippen LogP contribution >= 0.6 is 0 Å². The molecule has 0 aliphatic rings. The van der Waals surface area contributed by atoms with Crippen molar-refractivity contribution < 1.29 is 13.0 Å². The fourth-order valence-electron chi connectivity index (χ4n) is 0.301. The van der Waals surface area contributed by atoms with E-state index in [-0.39, 0.29) is 0 Å². The largest absolute Gasteiger partial charge is 0.298 e. The summed E-state index contributed by atoms with van der Waals surface area (Å²) in [7, 11) is 0. The van der Waals surface area contributed by atoms with Crippen molar-refractivity contribution in [3.63, 3.8) is 0 Å². The second-order valence-corrected chi connectivity index (χ2v) is 1.10. The first-order valence-electron chi connectivity index (χ1n) is 4.95. The lowest BCUT2D eigenvalue weighted by Crippen LogP contribution is -1.73. The molecule has 0 spiro atoms. The molecule has 0 saturated carbocycles. The molecule has 1 aromatic rings. The first kappa shape index (κ1) is 1.44. The summed E-state index contributed by atoms with van der Waals surface area (Å²) >= 11 is 0. The zero-order valence-electron chi connectivity index (χ0n) is 9.91. The summed E-state index contributed by atoms with van der Waals surface area (Å²) in [5.74, 6) is 0. The molecule has 40 valence electrons. The van der Waals surface area contributed by atoms with Crippen molar-refractivity contribution in [3.05, 3.63) is 35.8 Å². The molecule has 0 radical (unpaired) electrons. The Morgan fingerprint density at radius 3 is 2.62 bits per heavy atom. The predicted octanol–water partition coefficient (Wildman–Crippen LogP) is 1.50. The molecule has 0 unspecified atom stereocenters. The first-order valence-corrected chi connectivity index (χ1v) is 1.95. The number of carbonyl (C=O) groups excluding carboxylic acids is 1. The SMILES string of the molecule is [2H]c1c([2H])c([2H])c([13C]([2H])=O)c([2H])c1[2H]. The van der Waals surface area contributed by atoms with Crippen LogP contribution in [0.1, 0.15) is 18.6 Å². The van der Waals surface area contributed by atoms with Gasteiger partial charge in [-0.15, -0.1) is 0 Å². The number of benzene rings is 1. The van der Waals surface area contributed by atoms with Crippen LogP contribution in [0.15, 0.2) is 30.2 Å². The van der Waals surface area contributed by atoms with Crippen LogP contribution in [0.5, 0.6) is 0 Å². The lowest BCUT2D eigenvalue weighted by atomic mass is 10.3. The van der Waals surface area contributed by atoms with Crippen LogP contribution < -0.4 is 0 Å². The lowest BCUT2D eigenvalue weighted by Gasteiger charge is -1.81. The van der Waals surface area contributed by atoms with Gasteiger partial charge >= 0.3 is 0 Å². The Kier molecular flexibility index (Phi) is 0.407. The summed E-state index contributed by atoms with van der Waals surface area (Å²) in [6.45, 7) is 0. The average molecular weight is 113 g/mol. The summed E-state index contributed by atoms with van der Waals surface area (Å²) in [5.41, 5.74) is -0.587. The second-order valence-electron chi connectivity index (χ2n) is 1.10. The minimum absolute atomic E-state index is 0.565. The minimum atomic E-state index is -1.28. The van der Waals surface area contributed by atoms with Gasteiger partial charge in [-0.3, -0.25) is 4.79 Å². The molecule has 1 heteroatoms. The quantitative estimate of drug-likeness (QED) is 0.398. The number of aldehydes is 1. The third-order valence-corrected chi connectivity index (χ3v) is 0.602. The molecule has 0 N–H and O–H groups in total. The number of carbonyl (C=O) groups is 1. The van der Waals surface area contributed by atoms with Crippen molar-refractivity contribution >= 4 is 6.26 Å². The zero-order valence-corrected chi connectivity index (χ0v) is 3.91. The molecule has 0 fully saturated rings. The number of rotatable bonds is 1. The van der Waals surface area contributed by atoms with Gasteiger partial charge in [-0.1, -0.05) is 30.2 Å². The van der Waals surface area contributed by atoms with Gasteiger partial charge in [0.2, 0.25) is 0 Å². The highest BCUT2D eigenvalue weighted by Gasteiger charge is 1.79. The number of hydrogen-bond donors (Lipinski definition) is 0. The Bertz CT molecular complexity index is 384. The van der Waals surface area contributed by atoms with E-state index in [2.05, 4.69) is 0 Å². The van der Waals surface area contributed by atoms with Gasteiger partial charge in [-0.25, -0.2) is 0 Å². The van der Waals surface area contributed by atoms with Crippen LogP contribution in [-0.2, 0) is 0 Å². The van der Waals surface area contributed by atoms with Crippen molar-refractivity contribution in [2.24, 2.45) is 0 Å². The Labute approximate surface area is 56.4 Å². The summed E-state index contributed by atoms with van der Waals surface area (Å²) in [6.07, 6.45) is -1.28. The Hall–Kier alpha value is -1.11. The molecular formula is C7H6O. The van der Waals surface area contributed by atoms with E-state index in [1.807, 2.05) is 0 Å². The molecule has 1 rings (SSSR count). The minimum Gasteiger partial charge on any atom is -0.298 e. The molecule has 0 amide bonds. The topological polar surface area (TPSA) is 17.1 Å². The molecule has 0 aromatic heterocycles. The average Bonchev–Trinajstić information content (AvgIpc) is 2.11. The summed E-state index contributed by atoms with van der Waals surface area (Å²) in [5, 5.41) is 0. The van der Waals surface area contributed by atoms with E-state index in [9.17, 15) is 4.79 Å². The fraction of sp³-hybridized carbons (Fsp3) is 0. The third-order valence-electron chi connectivity index (χ3n) is 0.602. The van der Waals surface area contributed by atoms with Gasteiger partial charge in [0.1, 0.15) is 7.63 Å². The van der Waals surface area contributed by atoms with Crippen LogP contribution in [0.25, 0.3) is 0 Å². The van der Waals surface area contributed by atoms with Crippen LogP contribution in [0.3, 0.4) is 0 Å². The summed E-state index contributed by atoms with van der Waals surface area (Å²) in [4.78, 5) is 10.7. The van der Waals surface area contributed by atoms with Gasteiger partial charge in [0, 0.05) is 5.56 Å². The molecular weight excluding hydrogens is 101 g/mol. The molecule has 0 aliphatic heterocycles. The standard InChI is InChI=1S/C7H6O/c8-6-7-4-2-1-3-5-7/h1-6H/i1D,2D,3D,4D,5D,6+1D. The van der Waals surface area contributed by atoms with Gasteiger partial charge in [0.05, 0.1) is 6.85 Å². The smallest absolute Gasteiger partial charge is 0.150 e. The number of hydrogen-bond acceptors (Lipinski definition) is 1. The summed E-state index contributed by atoms with van der Waals surface area (Å²) in [6, 6.07) is -3.01. The molecule has 0 bridgehead atoms. The zero-order chi connectivity index (χ0) is 11.0. The van der Waals surface area contributed by atoms with Crippen LogP contribution in [0.4, 0.5) is 0 Å². The molecule has 0 heterocycles. The Morgan fingerprint density at radius 1 is 1.50 bits per heavy atom. The van der Waals surface area contributed by atoms with Gasteiger partial charge in [0.15, 0.2) is 0 Å². The van der Waals surface area contributed by atoms with Gasteiger partial charge < -0.3 is 0 Å². The van der Waals surface area contributed by atoms with Crippen LogP contribution in [-0.4, -0.2) is 6.26 Å². The van der Waals surface area contributed by atoms with Crippen LogP contribution in [0.2, 0.25) is 0 Å². The molecule has 1 aromatic carbocycles. The van der Waals surface area contributed by atoms with Crippen molar-refractivity contribution in [3.8, 4) is 0 Å². The van der Waals surface area contributed by atoms with E-state index < -0.39 is 42.0 Å². The van der Waals surface area contributed by atoms with E-state index in [4.69, 9.17) is 8.22 Å². The van der Waals surface area contributed by atoms with E-state index in [1.54, 1.807) is 0 Å². The lowest BCUT2D eigenvalue weighted by molar-refractivity contribution is 0.112. The van der Waals surface area contributed by atoms with Gasteiger partial charge in [-0.05, 0) is 0 Å². The van der Waals surface area contributed by atoms with Crippen molar-refractivity contribution in [2.75, 3.05) is 0 Å².